The maximum atomic E-state index is 12.3. The largest absolute Gasteiger partial charge is 0.355 e. The van der Waals surface area contributed by atoms with Crippen molar-refractivity contribution >= 4 is 5.91 Å². The van der Waals surface area contributed by atoms with E-state index in [-0.39, 0.29) is 11.9 Å². The highest BCUT2D eigenvalue weighted by Crippen LogP contribution is 2.23. The van der Waals surface area contributed by atoms with Gasteiger partial charge in [-0.1, -0.05) is 20.8 Å². The molecule has 0 heterocycles. The van der Waals surface area contributed by atoms with Gasteiger partial charge in [0.1, 0.15) is 0 Å². The minimum Gasteiger partial charge on any atom is -0.355 e. The molecule has 4 nitrogen and oxygen atoms in total. The Bertz CT molecular complexity index is 285. The summed E-state index contributed by atoms with van der Waals surface area (Å²) in [5.41, 5.74) is 5.97. The lowest BCUT2D eigenvalue weighted by Crippen LogP contribution is -2.51. The first-order valence-corrected chi connectivity index (χ1v) is 8.24. The third-order valence-electron chi connectivity index (χ3n) is 4.47. The SMILES string of the molecule is CCN(C1CCC(N)CC1)C(C)C(=O)NCCC(C)C. The van der Waals surface area contributed by atoms with E-state index in [1.807, 2.05) is 6.92 Å². The summed E-state index contributed by atoms with van der Waals surface area (Å²) in [6, 6.07) is 0.845. The number of carbonyl (C=O) groups is 1. The highest BCUT2D eigenvalue weighted by Gasteiger charge is 2.29. The average molecular weight is 283 g/mol. The Labute approximate surface area is 124 Å². The summed E-state index contributed by atoms with van der Waals surface area (Å²) in [6.07, 6.45) is 5.46. The maximum absolute atomic E-state index is 12.3. The second-order valence-electron chi connectivity index (χ2n) is 6.55. The molecule has 118 valence electrons. The van der Waals surface area contributed by atoms with Crippen molar-refractivity contribution in [2.45, 2.75) is 77.9 Å². The summed E-state index contributed by atoms with van der Waals surface area (Å²) >= 11 is 0. The van der Waals surface area contributed by atoms with Crippen LogP contribution in [0.15, 0.2) is 0 Å². The maximum Gasteiger partial charge on any atom is 0.237 e. The number of likely N-dealkylation sites (N-methyl/N-ethyl adjacent to an activating group) is 1. The van der Waals surface area contributed by atoms with E-state index in [1.54, 1.807) is 0 Å². The molecule has 1 rings (SSSR count). The molecule has 0 spiro atoms. The van der Waals surface area contributed by atoms with Gasteiger partial charge in [-0.3, -0.25) is 9.69 Å². The van der Waals surface area contributed by atoms with Crippen LogP contribution >= 0.6 is 0 Å². The highest BCUT2D eigenvalue weighted by molar-refractivity contribution is 5.81. The standard InChI is InChI=1S/C16H33N3O/c1-5-19(15-8-6-14(17)7-9-15)13(4)16(20)18-11-10-12(2)3/h12-15H,5-11,17H2,1-4H3,(H,18,20). The Kier molecular flexibility index (Phi) is 7.52. The Morgan fingerprint density at radius 2 is 1.85 bits per heavy atom. The van der Waals surface area contributed by atoms with Gasteiger partial charge in [0.05, 0.1) is 6.04 Å². The van der Waals surface area contributed by atoms with E-state index in [9.17, 15) is 4.79 Å². The van der Waals surface area contributed by atoms with Crippen LogP contribution in [0.25, 0.3) is 0 Å². The summed E-state index contributed by atoms with van der Waals surface area (Å²) in [5, 5.41) is 3.07. The van der Waals surface area contributed by atoms with Crippen molar-refractivity contribution in [2.75, 3.05) is 13.1 Å². The number of nitrogens with one attached hydrogen (secondary N) is 1. The monoisotopic (exact) mass is 283 g/mol. The van der Waals surface area contributed by atoms with Crippen molar-refractivity contribution in [2.24, 2.45) is 11.7 Å². The quantitative estimate of drug-likeness (QED) is 0.752. The van der Waals surface area contributed by atoms with E-state index in [4.69, 9.17) is 5.73 Å². The van der Waals surface area contributed by atoms with Gasteiger partial charge in [-0.15, -0.1) is 0 Å². The van der Waals surface area contributed by atoms with Crippen LogP contribution < -0.4 is 11.1 Å². The highest BCUT2D eigenvalue weighted by atomic mass is 16.2. The van der Waals surface area contributed by atoms with Crippen LogP contribution in [0.5, 0.6) is 0 Å². The first kappa shape index (κ1) is 17.4. The molecule has 20 heavy (non-hydrogen) atoms. The first-order chi connectivity index (χ1) is 9.45. The summed E-state index contributed by atoms with van der Waals surface area (Å²) < 4.78 is 0. The minimum atomic E-state index is -0.0357. The molecule has 1 amide bonds. The predicted octanol–water partition coefficient (Wildman–Crippen LogP) is 2.13. The molecule has 0 bridgehead atoms. The van der Waals surface area contributed by atoms with Crippen LogP contribution in [0.3, 0.4) is 0 Å². The number of carbonyl (C=O) groups excluding carboxylic acids is 1. The van der Waals surface area contributed by atoms with Crippen molar-refractivity contribution in [1.29, 1.82) is 0 Å². The van der Waals surface area contributed by atoms with Crippen molar-refractivity contribution in [3.63, 3.8) is 0 Å². The van der Waals surface area contributed by atoms with Gasteiger partial charge in [0, 0.05) is 18.6 Å². The van der Waals surface area contributed by atoms with Gasteiger partial charge in [-0.25, -0.2) is 0 Å². The molecule has 1 aliphatic carbocycles. The Morgan fingerprint density at radius 3 is 2.35 bits per heavy atom. The number of nitrogens with two attached hydrogens (primary N) is 1. The van der Waals surface area contributed by atoms with Crippen LogP contribution in [0.4, 0.5) is 0 Å². The molecule has 1 atom stereocenters. The number of hydrogen-bond acceptors (Lipinski definition) is 3. The molecule has 1 aliphatic rings. The van der Waals surface area contributed by atoms with Gasteiger partial charge in [-0.05, 0) is 51.5 Å². The molecule has 1 saturated carbocycles. The Morgan fingerprint density at radius 1 is 1.25 bits per heavy atom. The molecule has 0 aliphatic heterocycles. The molecule has 1 fully saturated rings. The molecule has 1 unspecified atom stereocenters. The molecule has 0 saturated heterocycles. The van der Waals surface area contributed by atoms with Crippen LogP contribution in [-0.4, -0.2) is 42.0 Å². The first-order valence-electron chi connectivity index (χ1n) is 8.24. The Hall–Kier alpha value is -0.610. The fourth-order valence-electron chi connectivity index (χ4n) is 3.06. The molecular formula is C16H33N3O. The second-order valence-corrected chi connectivity index (χ2v) is 6.55. The third kappa shape index (κ3) is 5.41. The third-order valence-corrected chi connectivity index (χ3v) is 4.47. The molecule has 0 aromatic heterocycles. The number of nitrogens with zero attached hydrogens (tertiary/aromatic N) is 1. The molecular weight excluding hydrogens is 250 g/mol. The van der Waals surface area contributed by atoms with E-state index in [0.29, 0.717) is 18.0 Å². The summed E-state index contributed by atoms with van der Waals surface area (Å²) in [5.74, 6) is 0.801. The van der Waals surface area contributed by atoms with Crippen molar-refractivity contribution in [3.05, 3.63) is 0 Å². The van der Waals surface area contributed by atoms with Crippen molar-refractivity contribution < 1.29 is 4.79 Å². The van der Waals surface area contributed by atoms with Gasteiger partial charge in [0.25, 0.3) is 0 Å². The fraction of sp³-hybridized carbons (Fsp3) is 0.938. The smallest absolute Gasteiger partial charge is 0.237 e. The van der Waals surface area contributed by atoms with Gasteiger partial charge >= 0.3 is 0 Å². The molecule has 4 heteroatoms. The predicted molar refractivity (Wildman–Crippen MR) is 84.5 cm³/mol. The Balaban J connectivity index is 2.44. The topological polar surface area (TPSA) is 58.4 Å². The van der Waals surface area contributed by atoms with Gasteiger partial charge in [0.15, 0.2) is 0 Å². The lowest BCUT2D eigenvalue weighted by molar-refractivity contribution is -0.127. The van der Waals surface area contributed by atoms with E-state index in [2.05, 4.69) is 31.0 Å². The molecule has 3 N–H and O–H groups in total. The van der Waals surface area contributed by atoms with Crippen molar-refractivity contribution in [3.8, 4) is 0 Å². The summed E-state index contributed by atoms with van der Waals surface area (Å²) in [4.78, 5) is 14.6. The molecule has 0 aromatic rings. The van der Waals surface area contributed by atoms with E-state index < -0.39 is 0 Å². The van der Waals surface area contributed by atoms with E-state index in [0.717, 1.165) is 45.2 Å². The van der Waals surface area contributed by atoms with Crippen LogP contribution in [0.2, 0.25) is 0 Å². The minimum absolute atomic E-state index is 0.0357. The van der Waals surface area contributed by atoms with Crippen LogP contribution in [0.1, 0.15) is 59.8 Å². The summed E-state index contributed by atoms with van der Waals surface area (Å²) in [6.45, 7) is 10.3. The number of hydrogen-bond donors (Lipinski definition) is 2. The van der Waals surface area contributed by atoms with Crippen LogP contribution in [-0.2, 0) is 4.79 Å². The van der Waals surface area contributed by atoms with Crippen LogP contribution in [0, 0.1) is 5.92 Å². The number of rotatable bonds is 7. The lowest BCUT2D eigenvalue weighted by Gasteiger charge is -2.38. The van der Waals surface area contributed by atoms with Gasteiger partial charge in [0.2, 0.25) is 5.91 Å². The molecule has 0 radical (unpaired) electrons. The van der Waals surface area contributed by atoms with E-state index in [1.165, 1.54) is 0 Å². The van der Waals surface area contributed by atoms with Gasteiger partial charge in [-0.2, -0.15) is 0 Å². The normalized spacial score (nSPS) is 24.9. The average Bonchev–Trinajstić information content (AvgIpc) is 2.41. The zero-order valence-corrected chi connectivity index (χ0v) is 13.7. The summed E-state index contributed by atoms with van der Waals surface area (Å²) in [7, 11) is 0. The zero-order valence-electron chi connectivity index (χ0n) is 13.7. The number of amides is 1. The molecule has 0 aromatic carbocycles. The van der Waals surface area contributed by atoms with Crippen molar-refractivity contribution in [1.82, 2.24) is 10.2 Å². The van der Waals surface area contributed by atoms with E-state index >= 15 is 0 Å². The lowest BCUT2D eigenvalue weighted by atomic mass is 9.90. The second kappa shape index (κ2) is 8.63. The fourth-order valence-corrected chi connectivity index (χ4v) is 3.06. The van der Waals surface area contributed by atoms with Gasteiger partial charge < -0.3 is 11.1 Å². The zero-order chi connectivity index (χ0) is 15.1.